The molecule has 7 atom stereocenters. The van der Waals surface area contributed by atoms with Gasteiger partial charge in [-0.05, 0) is 43.4 Å². The van der Waals surface area contributed by atoms with Crippen LogP contribution in [0.25, 0.3) is 0 Å². The monoisotopic (exact) mass is 594 g/mol. The van der Waals surface area contributed by atoms with Crippen LogP contribution in [0.3, 0.4) is 0 Å². The SMILES string of the molecule is C[C@H](C(=O)OCC(=O)Nc1cc(Cl)ccc1Cl)N1C(=O)[C@@H]2[C@H]3C[C@@H]([C@@H](Br)[C@H]3Br)[C@H]2C1=O. The van der Waals surface area contributed by atoms with Gasteiger partial charge in [0.25, 0.3) is 5.91 Å². The first-order chi connectivity index (χ1) is 14.6. The first-order valence-corrected chi connectivity index (χ1v) is 12.3. The van der Waals surface area contributed by atoms with Gasteiger partial charge in [-0.2, -0.15) is 0 Å². The predicted molar refractivity (Wildman–Crippen MR) is 121 cm³/mol. The van der Waals surface area contributed by atoms with Gasteiger partial charge in [0, 0.05) is 14.7 Å². The summed E-state index contributed by atoms with van der Waals surface area (Å²) in [6.07, 6.45) is 0.803. The first kappa shape index (κ1) is 23.0. The number of ether oxygens (including phenoxy) is 1. The highest BCUT2D eigenvalue weighted by Gasteiger charge is 2.67. The molecule has 1 heterocycles. The minimum atomic E-state index is -1.12. The molecule has 0 radical (unpaired) electrons. The molecule has 0 aromatic heterocycles. The van der Waals surface area contributed by atoms with Crippen LogP contribution in [-0.2, 0) is 23.9 Å². The number of esters is 1. The fraction of sp³-hybridized carbons (Fsp3) is 0.500. The first-order valence-electron chi connectivity index (χ1n) is 9.68. The maximum absolute atomic E-state index is 13.0. The third-order valence-corrected chi connectivity index (χ3v) is 10.1. The highest BCUT2D eigenvalue weighted by atomic mass is 79.9. The lowest BCUT2D eigenvalue weighted by Crippen LogP contribution is -2.45. The summed E-state index contributed by atoms with van der Waals surface area (Å²) in [6.45, 7) is 0.845. The van der Waals surface area contributed by atoms with Gasteiger partial charge >= 0.3 is 5.97 Å². The van der Waals surface area contributed by atoms with E-state index in [1.54, 1.807) is 6.07 Å². The molecule has 0 unspecified atom stereocenters. The molecule has 1 aromatic rings. The van der Waals surface area contributed by atoms with Gasteiger partial charge in [0.2, 0.25) is 11.8 Å². The minimum absolute atomic E-state index is 0.0530. The Morgan fingerprint density at radius 1 is 1.16 bits per heavy atom. The number of likely N-dealkylation sites (tertiary alicyclic amines) is 1. The number of nitrogens with zero attached hydrogens (tertiary/aromatic N) is 1. The number of amides is 3. The Labute approximate surface area is 205 Å². The summed E-state index contributed by atoms with van der Waals surface area (Å²) < 4.78 is 5.06. The summed E-state index contributed by atoms with van der Waals surface area (Å²) in [6, 6.07) is 3.45. The molecule has 7 nitrogen and oxygen atoms in total. The number of benzene rings is 1. The zero-order valence-corrected chi connectivity index (χ0v) is 20.9. The topological polar surface area (TPSA) is 92.8 Å². The standard InChI is InChI=1S/C20H18Br2Cl2N2O5/c1-7(20(30)31-6-13(27)25-12-4-8(23)2-3-11(12)24)26-18(28)14-9-5-10(15(14)19(26)29)17(22)16(9)21/h2-4,7,9-10,14-17H,5-6H2,1H3,(H,25,27)/t7-,9-,10-,14-,15-,16-,17+/m1/s1. The number of alkyl halides is 2. The fourth-order valence-electron chi connectivity index (χ4n) is 4.90. The molecule has 31 heavy (non-hydrogen) atoms. The second-order valence-electron chi connectivity index (χ2n) is 8.01. The van der Waals surface area contributed by atoms with Crippen molar-refractivity contribution in [3.05, 3.63) is 28.2 Å². The predicted octanol–water partition coefficient (Wildman–Crippen LogP) is 3.64. The lowest BCUT2D eigenvalue weighted by Gasteiger charge is -2.28. The third-order valence-electron chi connectivity index (χ3n) is 6.30. The maximum atomic E-state index is 13.0. The molecule has 1 N–H and O–H groups in total. The van der Waals surface area contributed by atoms with E-state index < -0.39 is 36.4 Å². The molecular weight excluding hydrogens is 579 g/mol. The summed E-state index contributed by atoms with van der Waals surface area (Å²) in [5.41, 5.74) is 0.283. The molecule has 166 valence electrons. The van der Waals surface area contributed by atoms with Crippen LogP contribution in [0.4, 0.5) is 5.69 Å². The van der Waals surface area contributed by atoms with Gasteiger partial charge in [-0.3, -0.25) is 19.3 Å². The second kappa shape index (κ2) is 8.65. The van der Waals surface area contributed by atoms with Crippen molar-refractivity contribution < 1.29 is 23.9 Å². The highest BCUT2D eigenvalue weighted by molar-refractivity contribution is 9.12. The number of hydrogen-bond donors (Lipinski definition) is 1. The molecule has 2 saturated carbocycles. The van der Waals surface area contributed by atoms with Gasteiger partial charge in [0.1, 0.15) is 6.04 Å². The van der Waals surface area contributed by atoms with Gasteiger partial charge in [0.05, 0.1) is 22.5 Å². The van der Waals surface area contributed by atoms with Gasteiger partial charge in [-0.25, -0.2) is 4.79 Å². The van der Waals surface area contributed by atoms with Crippen LogP contribution < -0.4 is 5.32 Å². The van der Waals surface area contributed by atoms with Crippen LogP contribution in [0, 0.1) is 23.7 Å². The molecule has 0 spiro atoms. The van der Waals surface area contributed by atoms with E-state index in [2.05, 4.69) is 37.2 Å². The number of fused-ring (bicyclic) bond motifs is 5. The summed E-state index contributed by atoms with van der Waals surface area (Å²) in [5, 5.41) is 3.17. The van der Waals surface area contributed by atoms with E-state index in [0.29, 0.717) is 5.02 Å². The zero-order chi connectivity index (χ0) is 22.6. The Hall–Kier alpha value is -1.16. The molecule has 1 saturated heterocycles. The molecule has 2 bridgehead atoms. The summed E-state index contributed by atoms with van der Waals surface area (Å²) in [5.74, 6) is -2.86. The smallest absolute Gasteiger partial charge is 0.329 e. The van der Waals surface area contributed by atoms with Gasteiger partial charge in [0.15, 0.2) is 6.61 Å². The van der Waals surface area contributed by atoms with Crippen LogP contribution in [-0.4, -0.2) is 50.9 Å². The van der Waals surface area contributed by atoms with Crippen LogP contribution in [0.5, 0.6) is 0 Å². The van der Waals surface area contributed by atoms with Crippen LogP contribution in [0.1, 0.15) is 13.3 Å². The van der Waals surface area contributed by atoms with Crippen molar-refractivity contribution in [3.8, 4) is 0 Å². The van der Waals surface area contributed by atoms with Crippen molar-refractivity contribution in [3.63, 3.8) is 0 Å². The quantitative estimate of drug-likeness (QED) is 0.318. The van der Waals surface area contributed by atoms with E-state index in [1.807, 2.05) is 0 Å². The number of anilines is 1. The second-order valence-corrected chi connectivity index (χ2v) is 11.0. The maximum Gasteiger partial charge on any atom is 0.329 e. The van der Waals surface area contributed by atoms with E-state index >= 15 is 0 Å². The van der Waals surface area contributed by atoms with Gasteiger partial charge < -0.3 is 10.1 Å². The Kier molecular flexibility index (Phi) is 6.42. The van der Waals surface area contributed by atoms with Crippen LogP contribution >= 0.6 is 55.1 Å². The van der Waals surface area contributed by atoms with Gasteiger partial charge in [-0.15, -0.1) is 0 Å². The Balaban J connectivity index is 1.37. The molecule has 4 rings (SSSR count). The van der Waals surface area contributed by atoms with E-state index in [9.17, 15) is 19.2 Å². The molecule has 2 aliphatic carbocycles. The summed E-state index contributed by atoms with van der Waals surface area (Å²) in [4.78, 5) is 51.8. The third kappa shape index (κ3) is 3.92. The normalized spacial score (nSPS) is 32.2. The van der Waals surface area contributed by atoms with Crippen molar-refractivity contribution in [1.29, 1.82) is 0 Å². The Morgan fingerprint density at radius 2 is 1.74 bits per heavy atom. The largest absolute Gasteiger partial charge is 0.454 e. The minimum Gasteiger partial charge on any atom is -0.454 e. The zero-order valence-electron chi connectivity index (χ0n) is 16.2. The van der Waals surface area contributed by atoms with E-state index in [-0.39, 0.29) is 44.0 Å². The molecule has 1 aromatic carbocycles. The van der Waals surface area contributed by atoms with Crippen LogP contribution in [0.15, 0.2) is 18.2 Å². The van der Waals surface area contributed by atoms with Crippen molar-refractivity contribution >= 4 is 84.4 Å². The van der Waals surface area contributed by atoms with E-state index in [1.165, 1.54) is 19.1 Å². The number of halogens is 4. The molecular formula is C20H18Br2Cl2N2O5. The lowest BCUT2D eigenvalue weighted by molar-refractivity contribution is -0.159. The summed E-state index contributed by atoms with van der Waals surface area (Å²) in [7, 11) is 0. The van der Waals surface area contributed by atoms with E-state index in [4.69, 9.17) is 27.9 Å². The number of imide groups is 1. The lowest BCUT2D eigenvalue weighted by atomic mass is 9.81. The van der Waals surface area contributed by atoms with Crippen molar-refractivity contribution in [1.82, 2.24) is 4.90 Å². The summed E-state index contributed by atoms with van der Waals surface area (Å²) >= 11 is 19.1. The van der Waals surface area contributed by atoms with Gasteiger partial charge in [-0.1, -0.05) is 55.1 Å². The highest BCUT2D eigenvalue weighted by Crippen LogP contribution is 2.60. The fourth-order valence-corrected chi connectivity index (χ4v) is 7.11. The molecule has 3 amide bonds. The average molecular weight is 597 g/mol. The number of carbonyl (C=O) groups excluding carboxylic acids is 4. The van der Waals surface area contributed by atoms with E-state index in [0.717, 1.165) is 11.3 Å². The van der Waals surface area contributed by atoms with Crippen molar-refractivity contribution in [2.45, 2.75) is 29.0 Å². The molecule has 11 heteroatoms. The Morgan fingerprint density at radius 3 is 2.32 bits per heavy atom. The molecule has 3 aliphatic rings. The number of hydrogen-bond acceptors (Lipinski definition) is 5. The molecule has 1 aliphatic heterocycles. The number of carbonyl (C=O) groups is 4. The number of rotatable bonds is 5. The van der Waals surface area contributed by atoms with Crippen molar-refractivity contribution in [2.75, 3.05) is 11.9 Å². The number of nitrogens with one attached hydrogen (secondary N) is 1. The Bertz CT molecular complexity index is 945. The average Bonchev–Trinajstić information content (AvgIpc) is 3.33. The van der Waals surface area contributed by atoms with Crippen molar-refractivity contribution in [2.24, 2.45) is 23.7 Å². The van der Waals surface area contributed by atoms with Crippen LogP contribution in [0.2, 0.25) is 10.0 Å². The molecule has 3 fully saturated rings.